The molecule has 0 spiro atoms. The molecule has 5 heteroatoms. The van der Waals surface area contributed by atoms with Crippen molar-refractivity contribution < 1.29 is 9.84 Å². The average Bonchev–Trinajstić information content (AvgIpc) is 2.46. The molecule has 1 aromatic rings. The molecule has 1 heterocycles. The van der Waals surface area contributed by atoms with Crippen LogP contribution in [0.1, 0.15) is 18.5 Å². The molecule has 2 unspecified atom stereocenters. The highest BCUT2D eigenvalue weighted by Gasteiger charge is 2.24. The average molecular weight is 285 g/mol. The van der Waals surface area contributed by atoms with Crippen LogP contribution in [0.2, 0.25) is 5.02 Å². The van der Waals surface area contributed by atoms with Crippen LogP contribution < -0.4 is 10.2 Å². The predicted molar refractivity (Wildman–Crippen MR) is 78.0 cm³/mol. The predicted octanol–water partition coefficient (Wildman–Crippen LogP) is 1.82. The van der Waals surface area contributed by atoms with Crippen molar-refractivity contribution in [3.63, 3.8) is 0 Å². The maximum absolute atomic E-state index is 9.42. The summed E-state index contributed by atoms with van der Waals surface area (Å²) in [6, 6.07) is 6.34. The first kappa shape index (κ1) is 14.6. The quantitative estimate of drug-likeness (QED) is 0.885. The molecule has 106 valence electrons. The zero-order chi connectivity index (χ0) is 13.8. The van der Waals surface area contributed by atoms with Crippen molar-refractivity contribution in [1.82, 2.24) is 5.32 Å². The van der Waals surface area contributed by atoms with Crippen LogP contribution in [0, 0.1) is 0 Å². The lowest BCUT2D eigenvalue weighted by Crippen LogP contribution is -2.47. The first-order valence-corrected chi connectivity index (χ1v) is 6.97. The van der Waals surface area contributed by atoms with E-state index >= 15 is 0 Å². The minimum Gasteiger partial charge on any atom is -0.394 e. The topological polar surface area (TPSA) is 44.7 Å². The fourth-order valence-electron chi connectivity index (χ4n) is 2.32. The summed E-state index contributed by atoms with van der Waals surface area (Å²) < 4.78 is 5.39. The van der Waals surface area contributed by atoms with Gasteiger partial charge in [0.25, 0.3) is 0 Å². The van der Waals surface area contributed by atoms with Gasteiger partial charge in [0.15, 0.2) is 0 Å². The number of ether oxygens (including phenoxy) is 1. The number of halogens is 1. The molecule has 0 amide bonds. The minimum atomic E-state index is -0.0150. The van der Waals surface area contributed by atoms with E-state index < -0.39 is 0 Å². The largest absolute Gasteiger partial charge is 0.394 e. The molecule has 19 heavy (non-hydrogen) atoms. The van der Waals surface area contributed by atoms with E-state index in [1.54, 1.807) is 0 Å². The van der Waals surface area contributed by atoms with Gasteiger partial charge in [0.1, 0.15) is 0 Å². The summed E-state index contributed by atoms with van der Waals surface area (Å²) in [4.78, 5) is 2.12. The molecular weight excluding hydrogens is 264 g/mol. The van der Waals surface area contributed by atoms with Gasteiger partial charge in [0, 0.05) is 12.6 Å². The number of aliphatic hydroxyl groups excluding tert-OH is 1. The number of morpholine rings is 1. The molecule has 1 saturated heterocycles. The summed E-state index contributed by atoms with van der Waals surface area (Å²) in [5.41, 5.74) is 2.13. The Morgan fingerprint density at radius 3 is 3.00 bits per heavy atom. The van der Waals surface area contributed by atoms with E-state index in [0.717, 1.165) is 22.8 Å². The smallest absolute Gasteiger partial charge is 0.0756 e. The molecule has 0 aliphatic carbocycles. The van der Waals surface area contributed by atoms with Crippen molar-refractivity contribution in [2.24, 2.45) is 0 Å². The summed E-state index contributed by atoms with van der Waals surface area (Å²) in [5, 5.41) is 13.3. The van der Waals surface area contributed by atoms with Gasteiger partial charge in [-0.1, -0.05) is 17.7 Å². The SMILES string of the molecule is CNC(C)c1ccc(N2CCOCC2CO)c(Cl)c1. The highest BCUT2D eigenvalue weighted by Crippen LogP contribution is 2.31. The summed E-state index contributed by atoms with van der Waals surface area (Å²) in [7, 11) is 1.93. The Labute approximate surface area is 119 Å². The van der Waals surface area contributed by atoms with Crippen molar-refractivity contribution in [3.05, 3.63) is 28.8 Å². The highest BCUT2D eigenvalue weighted by molar-refractivity contribution is 6.33. The Bertz CT molecular complexity index is 428. The third-order valence-electron chi connectivity index (χ3n) is 3.65. The lowest BCUT2D eigenvalue weighted by Gasteiger charge is -2.37. The van der Waals surface area contributed by atoms with Gasteiger partial charge in [-0.05, 0) is 31.7 Å². The Kier molecular flexibility index (Phi) is 5.05. The molecule has 1 aromatic carbocycles. The fourth-order valence-corrected chi connectivity index (χ4v) is 2.61. The van der Waals surface area contributed by atoms with E-state index in [2.05, 4.69) is 23.2 Å². The van der Waals surface area contributed by atoms with Crippen LogP contribution >= 0.6 is 11.6 Å². The number of hydrogen-bond donors (Lipinski definition) is 2. The lowest BCUT2D eigenvalue weighted by molar-refractivity contribution is 0.0727. The number of rotatable bonds is 4. The maximum atomic E-state index is 9.42. The summed E-state index contributed by atoms with van der Waals surface area (Å²) in [6.45, 7) is 4.14. The normalized spacial score (nSPS) is 21.5. The standard InChI is InChI=1S/C14H21ClN2O2/c1-10(16-2)11-3-4-14(13(15)7-11)17-5-6-19-9-12(17)8-18/h3-4,7,10,12,16,18H,5-6,8-9H2,1-2H3. The van der Waals surface area contributed by atoms with Gasteiger partial charge in [-0.15, -0.1) is 0 Å². The number of hydrogen-bond acceptors (Lipinski definition) is 4. The second-order valence-electron chi connectivity index (χ2n) is 4.83. The van der Waals surface area contributed by atoms with E-state index in [0.29, 0.717) is 13.2 Å². The molecule has 0 bridgehead atoms. The van der Waals surface area contributed by atoms with Crippen molar-refractivity contribution in [3.8, 4) is 0 Å². The van der Waals surface area contributed by atoms with E-state index in [4.69, 9.17) is 16.3 Å². The number of aliphatic hydroxyl groups is 1. The molecular formula is C14H21ClN2O2. The van der Waals surface area contributed by atoms with Crippen LogP contribution in [0.4, 0.5) is 5.69 Å². The molecule has 0 aromatic heterocycles. The van der Waals surface area contributed by atoms with Gasteiger partial charge in [0.2, 0.25) is 0 Å². The molecule has 0 saturated carbocycles. The molecule has 2 rings (SSSR count). The minimum absolute atomic E-state index is 0.0150. The second kappa shape index (κ2) is 6.57. The fraction of sp³-hybridized carbons (Fsp3) is 0.571. The van der Waals surface area contributed by atoms with Crippen LogP contribution in [0.3, 0.4) is 0 Å². The molecule has 2 atom stereocenters. The van der Waals surface area contributed by atoms with Crippen molar-refractivity contribution in [2.45, 2.75) is 19.0 Å². The summed E-state index contributed by atoms with van der Waals surface area (Å²) in [6.07, 6.45) is 0. The van der Waals surface area contributed by atoms with E-state index in [1.165, 1.54) is 0 Å². The molecule has 1 aliphatic heterocycles. The Morgan fingerprint density at radius 1 is 1.58 bits per heavy atom. The van der Waals surface area contributed by atoms with Crippen LogP contribution in [-0.2, 0) is 4.74 Å². The van der Waals surface area contributed by atoms with Gasteiger partial charge in [0.05, 0.1) is 36.6 Å². The molecule has 0 radical (unpaired) electrons. The zero-order valence-electron chi connectivity index (χ0n) is 11.4. The molecule has 1 fully saturated rings. The number of nitrogens with zero attached hydrogens (tertiary/aromatic N) is 1. The van der Waals surface area contributed by atoms with Gasteiger partial charge in [-0.25, -0.2) is 0 Å². The zero-order valence-corrected chi connectivity index (χ0v) is 12.2. The van der Waals surface area contributed by atoms with E-state index in [-0.39, 0.29) is 18.7 Å². The Balaban J connectivity index is 2.24. The molecule has 1 aliphatic rings. The Hall–Kier alpha value is -0.810. The van der Waals surface area contributed by atoms with Gasteiger partial charge in [-0.3, -0.25) is 0 Å². The molecule has 4 nitrogen and oxygen atoms in total. The van der Waals surface area contributed by atoms with Gasteiger partial charge in [-0.2, -0.15) is 0 Å². The van der Waals surface area contributed by atoms with Crippen LogP contribution in [0.5, 0.6) is 0 Å². The second-order valence-corrected chi connectivity index (χ2v) is 5.23. The number of anilines is 1. The van der Waals surface area contributed by atoms with E-state index in [9.17, 15) is 5.11 Å². The van der Waals surface area contributed by atoms with E-state index in [1.807, 2.05) is 19.2 Å². The van der Waals surface area contributed by atoms with Crippen molar-refractivity contribution in [2.75, 3.05) is 38.3 Å². The maximum Gasteiger partial charge on any atom is 0.0756 e. The number of benzene rings is 1. The number of nitrogens with one attached hydrogen (secondary N) is 1. The first-order valence-electron chi connectivity index (χ1n) is 6.59. The highest BCUT2D eigenvalue weighted by atomic mass is 35.5. The third kappa shape index (κ3) is 3.20. The molecule has 2 N–H and O–H groups in total. The van der Waals surface area contributed by atoms with Crippen LogP contribution in [0.25, 0.3) is 0 Å². The first-order chi connectivity index (χ1) is 9.17. The monoisotopic (exact) mass is 284 g/mol. The summed E-state index contributed by atoms with van der Waals surface area (Å²) >= 11 is 6.39. The van der Waals surface area contributed by atoms with Gasteiger partial charge >= 0.3 is 0 Å². The Morgan fingerprint density at radius 2 is 2.37 bits per heavy atom. The lowest BCUT2D eigenvalue weighted by atomic mass is 10.1. The van der Waals surface area contributed by atoms with Crippen LogP contribution in [-0.4, -0.2) is 44.6 Å². The van der Waals surface area contributed by atoms with Crippen LogP contribution in [0.15, 0.2) is 18.2 Å². The third-order valence-corrected chi connectivity index (χ3v) is 3.96. The van der Waals surface area contributed by atoms with Crippen molar-refractivity contribution in [1.29, 1.82) is 0 Å². The van der Waals surface area contributed by atoms with Gasteiger partial charge < -0.3 is 20.1 Å². The van der Waals surface area contributed by atoms with Crippen molar-refractivity contribution >= 4 is 17.3 Å². The summed E-state index contributed by atoms with van der Waals surface area (Å²) in [5.74, 6) is 0.